The summed E-state index contributed by atoms with van der Waals surface area (Å²) < 4.78 is 5.83. The number of aliphatic hydroxyl groups excluding tert-OH is 1. The third-order valence-electron chi connectivity index (χ3n) is 2.22. The maximum absolute atomic E-state index is 9.70. The molecule has 0 aliphatic carbocycles. The van der Waals surface area contributed by atoms with Gasteiger partial charge in [-0.2, -0.15) is 0 Å². The average molecular weight is 327 g/mol. The lowest BCUT2D eigenvalue weighted by Gasteiger charge is -2.14. The first-order chi connectivity index (χ1) is 7.60. The highest BCUT2D eigenvalue weighted by Gasteiger charge is 2.13. The Bertz CT molecular complexity index is 363. The summed E-state index contributed by atoms with van der Waals surface area (Å²) in [4.78, 5) is 0. The van der Waals surface area contributed by atoms with E-state index < -0.39 is 0 Å². The van der Waals surface area contributed by atoms with Gasteiger partial charge in [0.05, 0.1) is 11.1 Å². The summed E-state index contributed by atoms with van der Waals surface area (Å²) in [5.41, 5.74) is 6.69. The van der Waals surface area contributed by atoms with E-state index in [1.807, 2.05) is 6.92 Å². The van der Waals surface area contributed by atoms with Gasteiger partial charge >= 0.3 is 0 Å². The molecule has 1 aromatic rings. The maximum atomic E-state index is 9.70. The van der Waals surface area contributed by atoms with Crippen molar-refractivity contribution in [3.8, 4) is 11.5 Å². The number of nitrogens with two attached hydrogens (primary N) is 1. The molecule has 0 spiro atoms. The van der Waals surface area contributed by atoms with Crippen LogP contribution in [-0.4, -0.2) is 23.4 Å². The van der Waals surface area contributed by atoms with Gasteiger partial charge in [-0.25, -0.2) is 0 Å². The molecule has 4 nitrogen and oxygen atoms in total. The first-order valence-electron chi connectivity index (χ1n) is 5.11. The van der Waals surface area contributed by atoms with E-state index in [0.717, 1.165) is 5.56 Å². The van der Waals surface area contributed by atoms with Crippen molar-refractivity contribution >= 4 is 28.3 Å². The number of halogens is 2. The number of benzene rings is 1. The molecule has 1 atom stereocenters. The van der Waals surface area contributed by atoms with Crippen LogP contribution in [0.25, 0.3) is 0 Å². The molecule has 17 heavy (non-hydrogen) atoms. The van der Waals surface area contributed by atoms with E-state index in [4.69, 9.17) is 15.6 Å². The molecule has 0 saturated carbocycles. The van der Waals surface area contributed by atoms with Crippen molar-refractivity contribution < 1.29 is 14.9 Å². The van der Waals surface area contributed by atoms with Crippen LogP contribution in [0.5, 0.6) is 11.5 Å². The van der Waals surface area contributed by atoms with Crippen molar-refractivity contribution in [1.29, 1.82) is 0 Å². The van der Waals surface area contributed by atoms with Gasteiger partial charge in [-0.05, 0) is 47.0 Å². The number of ether oxygens (including phenoxy) is 1. The van der Waals surface area contributed by atoms with E-state index >= 15 is 0 Å². The molecule has 0 aliphatic rings. The summed E-state index contributed by atoms with van der Waals surface area (Å²) in [6, 6.07) is 3.17. The molecule has 0 aliphatic heterocycles. The Balaban J connectivity index is 0.00000256. The fourth-order valence-electron chi connectivity index (χ4n) is 1.38. The zero-order valence-corrected chi connectivity index (χ0v) is 11.9. The molecule has 0 aromatic heterocycles. The van der Waals surface area contributed by atoms with Crippen LogP contribution in [0.1, 0.15) is 24.9 Å². The number of phenolic OH excluding ortho intramolecular Hbond substituents is 1. The summed E-state index contributed by atoms with van der Waals surface area (Å²) >= 11 is 3.24. The lowest BCUT2D eigenvalue weighted by atomic mass is 10.0. The number of aromatic hydroxyl groups is 1. The number of phenols is 1. The standard InChI is InChI=1S/C11H16BrNO3.ClH/c1-2-16-10-6-7(9(13)3-4-14)5-8(12)11(10)15;/h5-6,9,14-15H,2-4,13H2,1H3;1H. The van der Waals surface area contributed by atoms with Crippen LogP contribution in [-0.2, 0) is 0 Å². The van der Waals surface area contributed by atoms with Gasteiger partial charge < -0.3 is 20.7 Å². The molecule has 4 N–H and O–H groups in total. The van der Waals surface area contributed by atoms with Gasteiger partial charge in [0, 0.05) is 12.6 Å². The largest absolute Gasteiger partial charge is 0.503 e. The zero-order valence-electron chi connectivity index (χ0n) is 9.52. The van der Waals surface area contributed by atoms with Gasteiger partial charge in [-0.3, -0.25) is 0 Å². The number of rotatable bonds is 5. The van der Waals surface area contributed by atoms with Crippen LogP contribution in [0.2, 0.25) is 0 Å². The molecular weight excluding hydrogens is 309 g/mol. The maximum Gasteiger partial charge on any atom is 0.172 e. The van der Waals surface area contributed by atoms with Crippen LogP contribution in [0.15, 0.2) is 16.6 Å². The van der Waals surface area contributed by atoms with Gasteiger partial charge in [-0.15, -0.1) is 12.4 Å². The minimum Gasteiger partial charge on any atom is -0.503 e. The Labute approximate surface area is 115 Å². The van der Waals surface area contributed by atoms with E-state index in [0.29, 0.717) is 23.2 Å². The quantitative estimate of drug-likeness (QED) is 0.776. The minimum atomic E-state index is -0.263. The molecule has 0 bridgehead atoms. The van der Waals surface area contributed by atoms with Crippen molar-refractivity contribution in [3.63, 3.8) is 0 Å². The first-order valence-corrected chi connectivity index (χ1v) is 5.91. The molecule has 0 radical (unpaired) electrons. The second-order valence-corrected chi connectivity index (χ2v) is 4.26. The average Bonchev–Trinajstić information content (AvgIpc) is 2.25. The normalized spacial score (nSPS) is 11.8. The van der Waals surface area contributed by atoms with Gasteiger partial charge in [0.1, 0.15) is 0 Å². The molecule has 1 unspecified atom stereocenters. The van der Waals surface area contributed by atoms with E-state index in [1.54, 1.807) is 12.1 Å². The van der Waals surface area contributed by atoms with E-state index in [1.165, 1.54) is 0 Å². The second-order valence-electron chi connectivity index (χ2n) is 3.40. The van der Waals surface area contributed by atoms with Gasteiger partial charge in [0.2, 0.25) is 0 Å². The number of hydrogen-bond donors (Lipinski definition) is 3. The summed E-state index contributed by atoms with van der Waals surface area (Å²) in [6.45, 7) is 2.34. The Kier molecular flexibility index (Phi) is 7.54. The highest BCUT2D eigenvalue weighted by Crippen LogP contribution is 2.37. The van der Waals surface area contributed by atoms with E-state index in [-0.39, 0.29) is 30.8 Å². The molecule has 0 amide bonds. The van der Waals surface area contributed by atoms with Crippen LogP contribution < -0.4 is 10.5 Å². The summed E-state index contributed by atoms with van der Waals surface area (Å²) in [7, 11) is 0. The molecule has 6 heteroatoms. The number of aliphatic hydroxyl groups is 1. The second kappa shape index (κ2) is 7.76. The van der Waals surface area contributed by atoms with E-state index in [9.17, 15) is 5.11 Å². The molecular formula is C11H17BrClNO3. The topological polar surface area (TPSA) is 75.7 Å². The zero-order chi connectivity index (χ0) is 12.1. The van der Waals surface area contributed by atoms with E-state index in [2.05, 4.69) is 15.9 Å². The lowest BCUT2D eigenvalue weighted by molar-refractivity contribution is 0.276. The summed E-state index contributed by atoms with van der Waals surface area (Å²) in [5, 5.41) is 18.5. The SMILES string of the molecule is CCOc1cc(C(N)CCO)cc(Br)c1O.Cl. The van der Waals surface area contributed by atoms with Gasteiger partial charge in [-0.1, -0.05) is 0 Å². The molecule has 0 fully saturated rings. The highest BCUT2D eigenvalue weighted by atomic mass is 79.9. The van der Waals surface area contributed by atoms with Crippen molar-refractivity contribution in [2.24, 2.45) is 5.73 Å². The van der Waals surface area contributed by atoms with Crippen molar-refractivity contribution in [3.05, 3.63) is 22.2 Å². The van der Waals surface area contributed by atoms with Crippen molar-refractivity contribution in [2.45, 2.75) is 19.4 Å². The fraction of sp³-hybridized carbons (Fsp3) is 0.455. The molecule has 1 rings (SSSR count). The summed E-state index contributed by atoms with van der Waals surface area (Å²) in [6.07, 6.45) is 0.475. The molecule has 1 aromatic carbocycles. The van der Waals surface area contributed by atoms with Crippen molar-refractivity contribution in [2.75, 3.05) is 13.2 Å². The Hall–Kier alpha value is -0.490. The summed E-state index contributed by atoms with van der Waals surface area (Å²) in [5.74, 6) is 0.474. The van der Waals surface area contributed by atoms with Gasteiger partial charge in [0.25, 0.3) is 0 Å². The van der Waals surface area contributed by atoms with Crippen LogP contribution in [0.4, 0.5) is 0 Å². The molecule has 98 valence electrons. The number of hydrogen-bond acceptors (Lipinski definition) is 4. The van der Waals surface area contributed by atoms with Crippen LogP contribution in [0.3, 0.4) is 0 Å². The van der Waals surface area contributed by atoms with Crippen LogP contribution in [0, 0.1) is 0 Å². The van der Waals surface area contributed by atoms with Gasteiger partial charge in [0.15, 0.2) is 11.5 Å². The minimum absolute atomic E-state index is 0. The third-order valence-corrected chi connectivity index (χ3v) is 2.82. The Morgan fingerprint density at radius 2 is 2.12 bits per heavy atom. The predicted octanol–water partition coefficient (Wildman–Crippen LogP) is 2.36. The third kappa shape index (κ3) is 4.35. The fourth-order valence-corrected chi connectivity index (χ4v) is 1.84. The van der Waals surface area contributed by atoms with Crippen molar-refractivity contribution in [1.82, 2.24) is 0 Å². The monoisotopic (exact) mass is 325 g/mol. The smallest absolute Gasteiger partial charge is 0.172 e. The first kappa shape index (κ1) is 16.5. The predicted molar refractivity (Wildman–Crippen MR) is 72.9 cm³/mol. The lowest BCUT2D eigenvalue weighted by Crippen LogP contribution is -2.12. The molecule has 0 heterocycles. The Morgan fingerprint density at radius 1 is 1.47 bits per heavy atom. The highest BCUT2D eigenvalue weighted by molar-refractivity contribution is 9.10. The molecule has 0 saturated heterocycles. The van der Waals surface area contributed by atoms with Crippen LogP contribution >= 0.6 is 28.3 Å². The Morgan fingerprint density at radius 3 is 2.65 bits per heavy atom.